The first-order valence-electron chi connectivity index (χ1n) is 5.87. The SMILES string of the molecule is COCC(C)N1CCCc2c(N)cccc21. The molecule has 1 heterocycles. The molecular weight excluding hydrogens is 200 g/mol. The Morgan fingerprint density at radius 2 is 2.31 bits per heavy atom. The van der Waals surface area contributed by atoms with Crippen molar-refractivity contribution < 1.29 is 4.74 Å². The van der Waals surface area contributed by atoms with Gasteiger partial charge in [-0.05, 0) is 37.5 Å². The third kappa shape index (κ3) is 2.00. The number of nitrogens with two attached hydrogens (primary N) is 1. The molecule has 3 nitrogen and oxygen atoms in total. The molecule has 1 aliphatic heterocycles. The predicted molar refractivity (Wildman–Crippen MR) is 67.9 cm³/mol. The van der Waals surface area contributed by atoms with Gasteiger partial charge in [-0.15, -0.1) is 0 Å². The van der Waals surface area contributed by atoms with Crippen molar-refractivity contribution in [2.45, 2.75) is 25.8 Å². The number of methoxy groups -OCH3 is 1. The Bertz CT molecular complexity index is 365. The van der Waals surface area contributed by atoms with Gasteiger partial charge < -0.3 is 15.4 Å². The van der Waals surface area contributed by atoms with E-state index in [1.807, 2.05) is 12.1 Å². The minimum absolute atomic E-state index is 0.408. The number of rotatable bonds is 3. The van der Waals surface area contributed by atoms with Gasteiger partial charge in [-0.25, -0.2) is 0 Å². The molecule has 16 heavy (non-hydrogen) atoms. The molecule has 1 aliphatic rings. The average molecular weight is 220 g/mol. The van der Waals surface area contributed by atoms with E-state index in [-0.39, 0.29) is 0 Å². The second-order valence-electron chi connectivity index (χ2n) is 4.45. The molecular formula is C13H20N2O. The van der Waals surface area contributed by atoms with Gasteiger partial charge >= 0.3 is 0 Å². The highest BCUT2D eigenvalue weighted by molar-refractivity contribution is 5.66. The van der Waals surface area contributed by atoms with Crippen molar-refractivity contribution in [3.05, 3.63) is 23.8 Å². The van der Waals surface area contributed by atoms with E-state index < -0.39 is 0 Å². The topological polar surface area (TPSA) is 38.5 Å². The van der Waals surface area contributed by atoms with Crippen LogP contribution in [0.5, 0.6) is 0 Å². The van der Waals surface area contributed by atoms with Crippen molar-refractivity contribution in [2.75, 3.05) is 30.9 Å². The first-order chi connectivity index (χ1) is 7.74. The highest BCUT2D eigenvalue weighted by atomic mass is 16.5. The summed E-state index contributed by atoms with van der Waals surface area (Å²) >= 11 is 0. The van der Waals surface area contributed by atoms with Crippen LogP contribution >= 0.6 is 0 Å². The Morgan fingerprint density at radius 1 is 1.50 bits per heavy atom. The molecule has 88 valence electrons. The lowest BCUT2D eigenvalue weighted by Crippen LogP contribution is -2.40. The van der Waals surface area contributed by atoms with Gasteiger partial charge in [0.1, 0.15) is 0 Å². The fraction of sp³-hybridized carbons (Fsp3) is 0.538. The van der Waals surface area contributed by atoms with Crippen molar-refractivity contribution in [2.24, 2.45) is 0 Å². The largest absolute Gasteiger partial charge is 0.398 e. The van der Waals surface area contributed by atoms with Gasteiger partial charge in [-0.1, -0.05) is 6.07 Å². The molecule has 0 aromatic heterocycles. The van der Waals surface area contributed by atoms with Crippen LogP contribution in [0.1, 0.15) is 18.9 Å². The summed E-state index contributed by atoms with van der Waals surface area (Å²) < 4.78 is 5.23. The number of hydrogen-bond acceptors (Lipinski definition) is 3. The smallest absolute Gasteiger partial charge is 0.0663 e. The summed E-state index contributed by atoms with van der Waals surface area (Å²) in [6.45, 7) is 4.05. The Hall–Kier alpha value is -1.22. The third-order valence-electron chi connectivity index (χ3n) is 3.26. The minimum atomic E-state index is 0.408. The number of nitrogen functional groups attached to an aromatic ring is 1. The van der Waals surface area contributed by atoms with Gasteiger partial charge in [0.25, 0.3) is 0 Å². The lowest BCUT2D eigenvalue weighted by atomic mass is 9.98. The maximum atomic E-state index is 6.02. The molecule has 2 N–H and O–H groups in total. The molecule has 1 aromatic carbocycles. The summed E-state index contributed by atoms with van der Waals surface area (Å²) in [5, 5.41) is 0. The second kappa shape index (κ2) is 4.74. The van der Waals surface area contributed by atoms with Crippen LogP contribution < -0.4 is 10.6 Å². The number of benzene rings is 1. The fourth-order valence-corrected chi connectivity index (χ4v) is 2.47. The lowest BCUT2D eigenvalue weighted by molar-refractivity contribution is 0.181. The van der Waals surface area contributed by atoms with Gasteiger partial charge in [0.2, 0.25) is 0 Å². The van der Waals surface area contributed by atoms with E-state index in [0.717, 1.165) is 25.3 Å². The summed E-state index contributed by atoms with van der Waals surface area (Å²) in [7, 11) is 1.75. The molecule has 1 aromatic rings. The molecule has 0 bridgehead atoms. The minimum Gasteiger partial charge on any atom is -0.398 e. The Morgan fingerprint density at radius 3 is 3.06 bits per heavy atom. The maximum Gasteiger partial charge on any atom is 0.0663 e. The number of fused-ring (bicyclic) bond motifs is 1. The first kappa shape index (κ1) is 11.3. The maximum absolute atomic E-state index is 6.02. The Balaban J connectivity index is 2.29. The van der Waals surface area contributed by atoms with Crippen molar-refractivity contribution in [1.82, 2.24) is 0 Å². The highest BCUT2D eigenvalue weighted by Gasteiger charge is 2.22. The third-order valence-corrected chi connectivity index (χ3v) is 3.26. The summed E-state index contributed by atoms with van der Waals surface area (Å²) in [6, 6.07) is 6.60. The normalized spacial score (nSPS) is 17.0. The van der Waals surface area contributed by atoms with Crippen molar-refractivity contribution >= 4 is 11.4 Å². The second-order valence-corrected chi connectivity index (χ2v) is 4.45. The number of nitrogens with zero attached hydrogens (tertiary/aromatic N) is 1. The molecule has 0 saturated carbocycles. The molecule has 0 saturated heterocycles. The molecule has 1 unspecified atom stereocenters. The Labute approximate surface area is 97.2 Å². The fourth-order valence-electron chi connectivity index (χ4n) is 2.47. The first-order valence-corrected chi connectivity index (χ1v) is 5.87. The summed E-state index contributed by atoms with van der Waals surface area (Å²) in [5.74, 6) is 0. The highest BCUT2D eigenvalue weighted by Crippen LogP contribution is 2.32. The van der Waals surface area contributed by atoms with Gasteiger partial charge in [0.05, 0.1) is 6.61 Å². The van der Waals surface area contributed by atoms with Crippen LogP contribution in [0.3, 0.4) is 0 Å². The number of ether oxygens (including phenoxy) is 1. The van der Waals surface area contributed by atoms with Crippen LogP contribution in [0, 0.1) is 0 Å². The molecule has 0 radical (unpaired) electrons. The average Bonchev–Trinajstić information content (AvgIpc) is 2.29. The molecule has 0 fully saturated rings. The van der Waals surface area contributed by atoms with Crippen LogP contribution in [-0.2, 0) is 11.2 Å². The van der Waals surface area contributed by atoms with Crippen molar-refractivity contribution in [3.8, 4) is 0 Å². The van der Waals surface area contributed by atoms with E-state index in [2.05, 4.69) is 17.9 Å². The van der Waals surface area contributed by atoms with Gasteiger partial charge in [-0.2, -0.15) is 0 Å². The zero-order valence-corrected chi connectivity index (χ0v) is 10.1. The van der Waals surface area contributed by atoms with Gasteiger partial charge in [0, 0.05) is 31.1 Å². The zero-order chi connectivity index (χ0) is 11.5. The van der Waals surface area contributed by atoms with E-state index in [0.29, 0.717) is 6.04 Å². The summed E-state index contributed by atoms with van der Waals surface area (Å²) in [6.07, 6.45) is 2.27. The molecule has 0 spiro atoms. The van der Waals surface area contributed by atoms with E-state index in [1.54, 1.807) is 7.11 Å². The molecule has 0 amide bonds. The monoisotopic (exact) mass is 220 g/mol. The van der Waals surface area contributed by atoms with Crippen LogP contribution in [-0.4, -0.2) is 26.3 Å². The lowest BCUT2D eigenvalue weighted by Gasteiger charge is -2.36. The molecule has 3 heteroatoms. The van der Waals surface area contributed by atoms with Crippen LogP contribution in [0.4, 0.5) is 11.4 Å². The van der Waals surface area contributed by atoms with E-state index >= 15 is 0 Å². The molecule has 2 rings (SSSR count). The standard InChI is InChI=1S/C13H20N2O/c1-10(9-16-2)15-8-4-5-11-12(14)6-3-7-13(11)15/h3,6-7,10H,4-5,8-9,14H2,1-2H3. The van der Waals surface area contributed by atoms with Gasteiger partial charge in [0.15, 0.2) is 0 Å². The van der Waals surface area contributed by atoms with E-state index in [9.17, 15) is 0 Å². The molecule has 1 atom stereocenters. The summed E-state index contributed by atoms with van der Waals surface area (Å²) in [5.41, 5.74) is 9.53. The summed E-state index contributed by atoms with van der Waals surface area (Å²) in [4.78, 5) is 2.40. The predicted octanol–water partition coefficient (Wildman–Crippen LogP) is 2.06. The quantitative estimate of drug-likeness (QED) is 0.792. The van der Waals surface area contributed by atoms with Crippen molar-refractivity contribution in [3.63, 3.8) is 0 Å². The van der Waals surface area contributed by atoms with Crippen molar-refractivity contribution in [1.29, 1.82) is 0 Å². The zero-order valence-electron chi connectivity index (χ0n) is 10.1. The van der Waals surface area contributed by atoms with E-state index in [4.69, 9.17) is 10.5 Å². The van der Waals surface area contributed by atoms with Crippen LogP contribution in [0.15, 0.2) is 18.2 Å². The van der Waals surface area contributed by atoms with Crippen LogP contribution in [0.25, 0.3) is 0 Å². The van der Waals surface area contributed by atoms with E-state index in [1.165, 1.54) is 17.7 Å². The number of hydrogen-bond donors (Lipinski definition) is 1. The van der Waals surface area contributed by atoms with Gasteiger partial charge in [-0.3, -0.25) is 0 Å². The number of anilines is 2. The Kier molecular flexibility index (Phi) is 3.34. The molecule has 0 aliphatic carbocycles. The van der Waals surface area contributed by atoms with Crippen LogP contribution in [0.2, 0.25) is 0 Å².